The summed E-state index contributed by atoms with van der Waals surface area (Å²) >= 11 is 2.99. The number of nitrogens with two attached hydrogens (primary N) is 1. The largest absolute Gasteiger partial charge is 0.273 e. The Balaban J connectivity index is 2.24. The van der Waals surface area contributed by atoms with Gasteiger partial charge in [-0.3, -0.25) is 10.1 Å². The second-order valence-electron chi connectivity index (χ2n) is 2.71. The fourth-order valence-electron chi connectivity index (χ4n) is 1.20. The Hall–Kier alpha value is -0.580. The van der Waals surface area contributed by atoms with E-state index in [0.717, 1.165) is 22.7 Å². The van der Waals surface area contributed by atoms with Crippen molar-refractivity contribution in [2.75, 3.05) is 0 Å². The lowest BCUT2D eigenvalue weighted by Gasteiger charge is -2.02. The fourth-order valence-corrected chi connectivity index (χ4v) is 2.53. The molecule has 4 heteroatoms. The molecule has 2 heterocycles. The molecular weight excluding hydrogens is 200 g/mol. The number of thiophene rings is 1. The lowest BCUT2D eigenvalue weighted by atomic mass is 10.2. The van der Waals surface area contributed by atoms with Crippen molar-refractivity contribution in [1.82, 2.24) is 0 Å². The Morgan fingerprint density at radius 1 is 1.38 bits per heavy atom. The first-order valence-electron chi connectivity index (χ1n) is 4.10. The van der Waals surface area contributed by atoms with Crippen LogP contribution in [0.5, 0.6) is 0 Å². The van der Waals surface area contributed by atoms with Crippen LogP contribution in [-0.4, -0.2) is 6.21 Å². The van der Waals surface area contributed by atoms with E-state index in [1.807, 2.05) is 12.3 Å². The van der Waals surface area contributed by atoms with E-state index in [1.165, 1.54) is 16.8 Å². The summed E-state index contributed by atoms with van der Waals surface area (Å²) in [5.74, 6) is 0. The maximum atomic E-state index is 5.46. The third-order valence-corrected chi connectivity index (χ3v) is 3.62. The van der Waals surface area contributed by atoms with Gasteiger partial charge in [0.15, 0.2) is 0 Å². The highest BCUT2D eigenvalue weighted by atomic mass is 32.2. The van der Waals surface area contributed by atoms with E-state index in [1.54, 1.807) is 11.3 Å². The molecule has 1 aliphatic rings. The Morgan fingerprint density at radius 2 is 2.31 bits per heavy atom. The minimum absolute atomic E-state index is 1.06. The van der Waals surface area contributed by atoms with Gasteiger partial charge in [-0.25, -0.2) is 0 Å². The Bertz CT molecular complexity index is 352. The van der Waals surface area contributed by atoms with Crippen LogP contribution in [0.3, 0.4) is 0 Å². The molecule has 0 saturated heterocycles. The number of nitrogens with zero attached hydrogens (tertiary/aromatic N) is 1. The summed E-state index contributed by atoms with van der Waals surface area (Å²) < 4.78 is 1.14. The predicted molar refractivity (Wildman–Crippen MR) is 60.1 cm³/mol. The molecule has 0 aliphatic carbocycles. The maximum Gasteiger partial charge on any atom is 0.0758 e. The molecule has 1 aromatic rings. The highest BCUT2D eigenvalue weighted by Gasteiger charge is 2.05. The van der Waals surface area contributed by atoms with Crippen molar-refractivity contribution < 1.29 is 0 Å². The summed E-state index contributed by atoms with van der Waals surface area (Å²) in [7, 11) is 0. The molecule has 2 rings (SSSR count). The molecule has 0 atom stereocenters. The van der Waals surface area contributed by atoms with Gasteiger partial charge in [0.25, 0.3) is 0 Å². The summed E-state index contributed by atoms with van der Waals surface area (Å²) in [5.41, 5.74) is 1.09. The monoisotopic (exact) mass is 210 g/mol. The Morgan fingerprint density at radius 3 is 2.92 bits per heavy atom. The van der Waals surface area contributed by atoms with Gasteiger partial charge in [0.05, 0.1) is 14.8 Å². The van der Waals surface area contributed by atoms with Gasteiger partial charge in [0.2, 0.25) is 0 Å². The van der Waals surface area contributed by atoms with Crippen LogP contribution in [0.25, 0.3) is 5.70 Å². The standard InChI is InChI=1S/C9H10N2S2/c10-13-9-5-4-8(12-9)7-3-1-2-6-11-7/h3-6H,1-2,10H2. The van der Waals surface area contributed by atoms with E-state index in [0.29, 0.717) is 0 Å². The zero-order valence-corrected chi connectivity index (χ0v) is 8.70. The Kier molecular flexibility index (Phi) is 2.83. The molecule has 13 heavy (non-hydrogen) atoms. The van der Waals surface area contributed by atoms with E-state index in [-0.39, 0.29) is 0 Å². The van der Waals surface area contributed by atoms with Crippen LogP contribution in [0.4, 0.5) is 0 Å². The number of rotatable bonds is 2. The third-order valence-electron chi connectivity index (χ3n) is 1.81. The molecule has 0 radical (unpaired) electrons. The lowest BCUT2D eigenvalue weighted by Crippen LogP contribution is -1.85. The zero-order valence-electron chi connectivity index (χ0n) is 7.06. The number of hydrogen-bond acceptors (Lipinski definition) is 4. The van der Waals surface area contributed by atoms with E-state index in [9.17, 15) is 0 Å². The van der Waals surface area contributed by atoms with Crippen LogP contribution >= 0.6 is 23.3 Å². The molecule has 0 bridgehead atoms. The molecule has 0 fully saturated rings. The average molecular weight is 210 g/mol. The normalized spacial score (nSPS) is 15.9. The Labute approximate surface area is 85.7 Å². The minimum Gasteiger partial charge on any atom is -0.273 e. The molecule has 68 valence electrons. The van der Waals surface area contributed by atoms with Gasteiger partial charge >= 0.3 is 0 Å². The fraction of sp³-hybridized carbons (Fsp3) is 0.222. The van der Waals surface area contributed by atoms with Crippen LogP contribution in [0.2, 0.25) is 0 Å². The third kappa shape index (κ3) is 2.02. The second kappa shape index (κ2) is 4.09. The van der Waals surface area contributed by atoms with Crippen molar-refractivity contribution in [3.63, 3.8) is 0 Å². The van der Waals surface area contributed by atoms with Crippen molar-refractivity contribution in [3.05, 3.63) is 23.1 Å². The lowest BCUT2D eigenvalue weighted by molar-refractivity contribution is 1.09. The summed E-state index contributed by atoms with van der Waals surface area (Å²) in [6.07, 6.45) is 6.32. The SMILES string of the molecule is NSc1ccc(C2=CCCC=N2)s1. The highest BCUT2D eigenvalue weighted by molar-refractivity contribution is 7.99. The molecule has 0 spiro atoms. The van der Waals surface area contributed by atoms with Crippen LogP contribution in [0, 0.1) is 0 Å². The summed E-state index contributed by atoms with van der Waals surface area (Å²) in [6, 6.07) is 4.12. The van der Waals surface area contributed by atoms with Gasteiger partial charge in [0, 0.05) is 6.21 Å². The van der Waals surface area contributed by atoms with Crippen molar-refractivity contribution in [2.45, 2.75) is 17.1 Å². The number of aliphatic imine (C=N–C) groups is 1. The van der Waals surface area contributed by atoms with E-state index in [4.69, 9.17) is 5.14 Å². The highest BCUT2D eigenvalue weighted by Crippen LogP contribution is 2.30. The number of allylic oxidation sites excluding steroid dienone is 1. The van der Waals surface area contributed by atoms with Crippen LogP contribution in [0.15, 0.2) is 27.4 Å². The average Bonchev–Trinajstić information content (AvgIpc) is 2.67. The van der Waals surface area contributed by atoms with Crippen LogP contribution in [-0.2, 0) is 0 Å². The molecule has 1 aromatic heterocycles. The van der Waals surface area contributed by atoms with Crippen molar-refractivity contribution in [3.8, 4) is 0 Å². The molecule has 0 amide bonds. The first-order valence-corrected chi connectivity index (χ1v) is 5.79. The van der Waals surface area contributed by atoms with E-state index < -0.39 is 0 Å². The van der Waals surface area contributed by atoms with Crippen LogP contribution in [0.1, 0.15) is 17.7 Å². The first kappa shape index (κ1) is 8.99. The maximum absolute atomic E-state index is 5.46. The van der Waals surface area contributed by atoms with Gasteiger partial charge in [-0.05, 0) is 36.9 Å². The molecular formula is C9H10N2S2. The van der Waals surface area contributed by atoms with Crippen molar-refractivity contribution in [1.29, 1.82) is 0 Å². The van der Waals surface area contributed by atoms with Gasteiger partial charge in [0.1, 0.15) is 0 Å². The summed E-state index contributed by atoms with van der Waals surface area (Å²) in [6.45, 7) is 0. The topological polar surface area (TPSA) is 38.4 Å². The predicted octanol–water partition coefficient (Wildman–Crippen LogP) is 2.92. The molecule has 0 aromatic carbocycles. The minimum atomic E-state index is 1.06. The van der Waals surface area contributed by atoms with Gasteiger partial charge < -0.3 is 0 Å². The smallest absolute Gasteiger partial charge is 0.0758 e. The zero-order chi connectivity index (χ0) is 9.10. The van der Waals surface area contributed by atoms with E-state index >= 15 is 0 Å². The number of hydrogen-bond donors (Lipinski definition) is 1. The molecule has 0 unspecified atom stereocenters. The second-order valence-corrected chi connectivity index (χ2v) is 4.73. The molecule has 2 N–H and O–H groups in total. The first-order chi connectivity index (χ1) is 6.40. The summed E-state index contributed by atoms with van der Waals surface area (Å²) in [5, 5.41) is 5.46. The summed E-state index contributed by atoms with van der Waals surface area (Å²) in [4.78, 5) is 5.56. The van der Waals surface area contributed by atoms with Crippen molar-refractivity contribution in [2.24, 2.45) is 10.1 Å². The van der Waals surface area contributed by atoms with Gasteiger partial charge in [-0.1, -0.05) is 6.08 Å². The van der Waals surface area contributed by atoms with Gasteiger partial charge in [-0.15, -0.1) is 11.3 Å². The molecule has 1 aliphatic heterocycles. The van der Waals surface area contributed by atoms with Crippen molar-refractivity contribution >= 4 is 35.2 Å². The quantitative estimate of drug-likeness (QED) is 0.762. The van der Waals surface area contributed by atoms with Crippen LogP contribution < -0.4 is 5.14 Å². The molecule has 0 saturated carbocycles. The molecule has 2 nitrogen and oxygen atoms in total. The van der Waals surface area contributed by atoms with Gasteiger partial charge in [-0.2, -0.15) is 0 Å². The van der Waals surface area contributed by atoms with E-state index in [2.05, 4.69) is 17.1 Å².